The molecule has 1 rings (SSSR count). The Labute approximate surface area is 132 Å². The summed E-state index contributed by atoms with van der Waals surface area (Å²) in [6.45, 7) is 11.4. The molecule has 110 valence electrons. The van der Waals surface area contributed by atoms with Gasteiger partial charge in [-0.2, -0.15) is 0 Å². The Hall–Kier alpha value is 0.690. The molecule has 0 aromatic heterocycles. The third kappa shape index (κ3) is 7.32. The zero-order chi connectivity index (χ0) is 12.7. The zero-order valence-electron chi connectivity index (χ0n) is 13.1. The highest BCUT2D eigenvalue weighted by Gasteiger charge is 2.24. The molecule has 2 atom stereocenters. The molecule has 1 aliphatic rings. The van der Waals surface area contributed by atoms with E-state index in [1.807, 2.05) is 0 Å². The van der Waals surface area contributed by atoms with Crippen molar-refractivity contribution in [1.29, 1.82) is 0 Å². The number of nitrogens with zero attached hydrogens (tertiary/aromatic N) is 1. The molecule has 2 unspecified atom stereocenters. The molecular weight excluding hydrogens is 333 g/mol. The molecule has 2 heteroatoms. The summed E-state index contributed by atoms with van der Waals surface area (Å²) in [7, 11) is 2.47. The smallest absolute Gasteiger partial charge is 0.0787 e. The Morgan fingerprint density at radius 2 is 1.44 bits per heavy atom. The van der Waals surface area contributed by atoms with E-state index in [9.17, 15) is 0 Å². The molecule has 0 N–H and O–H groups in total. The maximum atomic E-state index is 2.47. The summed E-state index contributed by atoms with van der Waals surface area (Å²) in [5.74, 6) is 1.86. The van der Waals surface area contributed by atoms with Crippen LogP contribution in [0.15, 0.2) is 0 Å². The second kappa shape index (κ2) is 9.57. The third-order valence-electron chi connectivity index (χ3n) is 4.91. The van der Waals surface area contributed by atoms with Crippen molar-refractivity contribution in [3.63, 3.8) is 0 Å². The van der Waals surface area contributed by atoms with Crippen molar-refractivity contribution in [2.24, 2.45) is 11.8 Å². The Morgan fingerprint density at radius 1 is 0.889 bits per heavy atom. The summed E-state index contributed by atoms with van der Waals surface area (Å²) < 4.78 is 1.35. The maximum Gasteiger partial charge on any atom is 0.0787 e. The lowest BCUT2D eigenvalue weighted by atomic mass is 9.94. The van der Waals surface area contributed by atoms with Crippen LogP contribution in [0, 0.1) is 11.8 Å². The number of hydrogen-bond acceptors (Lipinski definition) is 0. The van der Waals surface area contributed by atoms with E-state index < -0.39 is 0 Å². The van der Waals surface area contributed by atoms with Crippen molar-refractivity contribution in [2.45, 2.75) is 65.7 Å². The minimum absolute atomic E-state index is 0. The largest absolute Gasteiger partial charge is 1.00 e. The number of piperidine rings is 1. The van der Waals surface area contributed by atoms with Crippen molar-refractivity contribution >= 4 is 0 Å². The molecule has 1 saturated heterocycles. The van der Waals surface area contributed by atoms with Gasteiger partial charge in [0.15, 0.2) is 0 Å². The molecule has 0 aliphatic carbocycles. The topological polar surface area (TPSA) is 0 Å². The van der Waals surface area contributed by atoms with Gasteiger partial charge in [-0.1, -0.05) is 40.0 Å². The average molecular weight is 367 g/mol. The summed E-state index contributed by atoms with van der Waals surface area (Å²) in [5.41, 5.74) is 0. The van der Waals surface area contributed by atoms with E-state index in [1.54, 1.807) is 0 Å². The van der Waals surface area contributed by atoms with Crippen molar-refractivity contribution in [3.8, 4) is 0 Å². The van der Waals surface area contributed by atoms with E-state index in [0.717, 1.165) is 11.8 Å². The first-order chi connectivity index (χ1) is 8.06. The van der Waals surface area contributed by atoms with Gasteiger partial charge in [0, 0.05) is 0 Å². The lowest BCUT2D eigenvalue weighted by Gasteiger charge is -2.38. The van der Waals surface area contributed by atoms with Crippen LogP contribution in [0.25, 0.3) is 0 Å². The first kappa shape index (κ1) is 18.7. The van der Waals surface area contributed by atoms with Gasteiger partial charge in [0.05, 0.1) is 26.7 Å². The highest BCUT2D eigenvalue weighted by atomic mass is 127. The molecule has 1 aliphatic heterocycles. The summed E-state index contributed by atoms with van der Waals surface area (Å²) in [6, 6.07) is 0. The number of hydrogen-bond donors (Lipinski definition) is 0. The fourth-order valence-corrected chi connectivity index (χ4v) is 2.95. The number of rotatable bonds is 7. The second-order valence-electron chi connectivity index (χ2n) is 6.84. The van der Waals surface area contributed by atoms with Crippen LogP contribution >= 0.6 is 0 Å². The minimum atomic E-state index is 0. The van der Waals surface area contributed by atoms with E-state index in [2.05, 4.69) is 27.8 Å². The standard InChI is InChI=1S/C16H34N.HI/c1-5-15(2)9-10-16(3)11-14-17(4)12-7-6-8-13-17;/h15-16H,5-14H2,1-4H3;1H/q+1;/p-1. The van der Waals surface area contributed by atoms with Crippen LogP contribution in [0.3, 0.4) is 0 Å². The van der Waals surface area contributed by atoms with Crippen LogP contribution in [0.4, 0.5) is 0 Å². The Kier molecular flexibility index (Phi) is 9.94. The normalized spacial score (nSPS) is 22.0. The number of likely N-dealkylation sites (tertiary alicyclic amines) is 1. The first-order valence-electron chi connectivity index (χ1n) is 7.89. The van der Waals surface area contributed by atoms with Crippen LogP contribution in [0.5, 0.6) is 0 Å². The molecule has 0 radical (unpaired) electrons. The van der Waals surface area contributed by atoms with Gasteiger partial charge < -0.3 is 28.5 Å². The van der Waals surface area contributed by atoms with Gasteiger partial charge in [0.2, 0.25) is 0 Å². The molecule has 1 fully saturated rings. The van der Waals surface area contributed by atoms with Gasteiger partial charge in [-0.25, -0.2) is 0 Å². The maximum absolute atomic E-state index is 2.47. The van der Waals surface area contributed by atoms with E-state index in [-0.39, 0.29) is 24.0 Å². The first-order valence-corrected chi connectivity index (χ1v) is 7.89. The number of quaternary nitrogens is 1. The van der Waals surface area contributed by atoms with Gasteiger partial charge in [-0.3, -0.25) is 0 Å². The van der Waals surface area contributed by atoms with Crippen LogP contribution in [-0.4, -0.2) is 31.2 Å². The predicted molar refractivity (Wildman–Crippen MR) is 77.1 cm³/mol. The number of halogens is 1. The molecule has 18 heavy (non-hydrogen) atoms. The van der Waals surface area contributed by atoms with E-state index >= 15 is 0 Å². The molecular formula is C16H34IN. The van der Waals surface area contributed by atoms with E-state index in [0.29, 0.717) is 0 Å². The fourth-order valence-electron chi connectivity index (χ4n) is 2.95. The van der Waals surface area contributed by atoms with Crippen molar-refractivity contribution < 1.29 is 28.5 Å². The fraction of sp³-hybridized carbons (Fsp3) is 1.00. The van der Waals surface area contributed by atoms with E-state index in [4.69, 9.17) is 0 Å². The molecule has 1 nitrogen and oxygen atoms in total. The van der Waals surface area contributed by atoms with E-state index in [1.165, 1.54) is 69.1 Å². The van der Waals surface area contributed by atoms with Gasteiger partial charge in [0.1, 0.15) is 0 Å². The van der Waals surface area contributed by atoms with Crippen LogP contribution in [0.2, 0.25) is 0 Å². The predicted octanol–water partition coefficient (Wildman–Crippen LogP) is 1.47. The van der Waals surface area contributed by atoms with Gasteiger partial charge in [0.25, 0.3) is 0 Å². The summed E-state index contributed by atoms with van der Waals surface area (Å²) in [4.78, 5) is 0. The van der Waals surface area contributed by atoms with Crippen molar-refractivity contribution in [2.75, 3.05) is 26.7 Å². The molecule has 0 aromatic rings. The SMILES string of the molecule is CCC(C)CCC(C)CC[N+]1(C)CCCCC1.[I-]. The zero-order valence-corrected chi connectivity index (χ0v) is 15.2. The monoisotopic (exact) mass is 367 g/mol. The highest BCUT2D eigenvalue weighted by Crippen LogP contribution is 2.21. The molecule has 0 saturated carbocycles. The lowest BCUT2D eigenvalue weighted by Crippen LogP contribution is -3.00. The van der Waals surface area contributed by atoms with Gasteiger partial charge in [-0.15, -0.1) is 0 Å². The van der Waals surface area contributed by atoms with Crippen LogP contribution in [-0.2, 0) is 0 Å². The molecule has 0 amide bonds. The Bertz CT molecular complexity index is 199. The highest BCUT2D eigenvalue weighted by molar-refractivity contribution is 4.59. The summed E-state index contributed by atoms with van der Waals surface area (Å²) in [6.07, 6.45) is 10.0. The molecule has 0 bridgehead atoms. The second-order valence-corrected chi connectivity index (χ2v) is 6.84. The summed E-state index contributed by atoms with van der Waals surface area (Å²) >= 11 is 0. The molecule has 0 spiro atoms. The van der Waals surface area contributed by atoms with Gasteiger partial charge >= 0.3 is 0 Å². The summed E-state index contributed by atoms with van der Waals surface area (Å²) in [5, 5.41) is 0. The quantitative estimate of drug-likeness (QED) is 0.472. The minimum Gasteiger partial charge on any atom is -1.00 e. The van der Waals surface area contributed by atoms with Gasteiger partial charge in [-0.05, 0) is 37.5 Å². The molecule has 1 heterocycles. The van der Waals surface area contributed by atoms with Crippen molar-refractivity contribution in [1.82, 2.24) is 0 Å². The van der Waals surface area contributed by atoms with Crippen molar-refractivity contribution in [3.05, 3.63) is 0 Å². The molecule has 0 aromatic carbocycles. The average Bonchev–Trinajstić information content (AvgIpc) is 2.34. The Morgan fingerprint density at radius 3 is 2.00 bits per heavy atom. The lowest BCUT2D eigenvalue weighted by molar-refractivity contribution is -0.914. The Balaban J connectivity index is 0.00000289. The van der Waals surface area contributed by atoms with Crippen LogP contribution in [0.1, 0.15) is 65.7 Å². The van der Waals surface area contributed by atoms with Crippen LogP contribution < -0.4 is 24.0 Å². The third-order valence-corrected chi connectivity index (χ3v) is 4.91.